The molecule has 0 saturated carbocycles. The number of carbonyl (C=O) groups excluding carboxylic acids is 3. The summed E-state index contributed by atoms with van der Waals surface area (Å²) in [5, 5.41) is 0. The van der Waals surface area contributed by atoms with E-state index in [2.05, 4.69) is 106 Å². The zero-order valence-electron chi connectivity index (χ0n) is 51.0. The zero-order valence-corrected chi connectivity index (χ0v) is 51.0. The number of allylic oxidation sites excluding steroid dienone is 14. The number of esters is 3. The number of carbonyl (C=O) groups is 3. The Morgan fingerprint density at radius 2 is 0.506 bits per heavy atom. The first kappa shape index (κ1) is 73.6. The number of unbranched alkanes of at least 4 members (excludes halogenated alkanes) is 35. The van der Waals surface area contributed by atoms with Crippen LogP contribution in [0.15, 0.2) is 85.1 Å². The van der Waals surface area contributed by atoms with E-state index in [1.165, 1.54) is 186 Å². The van der Waals surface area contributed by atoms with Crippen LogP contribution < -0.4 is 0 Å². The minimum Gasteiger partial charge on any atom is -0.462 e. The van der Waals surface area contributed by atoms with Crippen molar-refractivity contribution in [1.29, 1.82) is 0 Å². The van der Waals surface area contributed by atoms with Gasteiger partial charge in [-0.1, -0.05) is 279 Å². The van der Waals surface area contributed by atoms with Gasteiger partial charge in [0.25, 0.3) is 0 Å². The quantitative estimate of drug-likeness (QED) is 0.0261. The van der Waals surface area contributed by atoms with E-state index in [0.717, 1.165) is 103 Å². The molecule has 0 aromatic rings. The molecule has 444 valence electrons. The molecule has 0 fully saturated rings. The van der Waals surface area contributed by atoms with Gasteiger partial charge in [-0.15, -0.1) is 0 Å². The first-order chi connectivity index (χ1) is 38.0. The molecular weight excluding hydrogens is 949 g/mol. The summed E-state index contributed by atoms with van der Waals surface area (Å²) in [6.07, 6.45) is 85.9. The van der Waals surface area contributed by atoms with Crippen molar-refractivity contribution >= 4 is 17.9 Å². The van der Waals surface area contributed by atoms with Crippen LogP contribution in [0.4, 0.5) is 0 Å². The lowest BCUT2D eigenvalue weighted by molar-refractivity contribution is -0.167. The normalized spacial score (nSPS) is 12.6. The maximum absolute atomic E-state index is 12.9. The first-order valence-corrected chi connectivity index (χ1v) is 33.1. The van der Waals surface area contributed by atoms with Crippen molar-refractivity contribution < 1.29 is 28.6 Å². The zero-order chi connectivity index (χ0) is 55.7. The molecule has 0 saturated heterocycles. The molecule has 0 heterocycles. The van der Waals surface area contributed by atoms with E-state index in [1.807, 2.05) is 0 Å². The third-order valence-electron chi connectivity index (χ3n) is 14.4. The fraction of sp³-hybridized carbons (Fsp3) is 0.761. The van der Waals surface area contributed by atoms with E-state index in [1.54, 1.807) is 0 Å². The summed E-state index contributed by atoms with van der Waals surface area (Å²) in [4.78, 5) is 38.3. The highest BCUT2D eigenvalue weighted by atomic mass is 16.6. The molecule has 0 spiro atoms. The van der Waals surface area contributed by atoms with Gasteiger partial charge in [0.1, 0.15) is 13.2 Å². The van der Waals surface area contributed by atoms with Crippen LogP contribution in [0.2, 0.25) is 0 Å². The highest BCUT2D eigenvalue weighted by Gasteiger charge is 2.19. The maximum Gasteiger partial charge on any atom is 0.306 e. The minimum absolute atomic E-state index is 0.0809. The molecule has 0 bridgehead atoms. The Bertz CT molecular complexity index is 1470. The number of ether oxygens (including phenoxy) is 3. The van der Waals surface area contributed by atoms with E-state index in [-0.39, 0.29) is 31.1 Å². The summed E-state index contributed by atoms with van der Waals surface area (Å²) in [7, 11) is 0. The van der Waals surface area contributed by atoms with Crippen molar-refractivity contribution in [3.05, 3.63) is 85.1 Å². The minimum atomic E-state index is -0.785. The highest BCUT2D eigenvalue weighted by Crippen LogP contribution is 2.17. The van der Waals surface area contributed by atoms with Crippen molar-refractivity contribution in [2.45, 2.75) is 335 Å². The van der Waals surface area contributed by atoms with Gasteiger partial charge in [0.05, 0.1) is 0 Å². The SMILES string of the molecule is CC/C=C\C/C=C\C/C=C\C/C=C\CCCCCCCCCCCCCCCCC(=O)OCC(COC(=O)CCCCCCC/C=C\C/C=C\CCCCC)OC(=O)CCCCCCCCC/C=C\CCCCCCCC. The highest BCUT2D eigenvalue weighted by molar-refractivity contribution is 5.71. The summed E-state index contributed by atoms with van der Waals surface area (Å²) in [5.41, 5.74) is 0. The van der Waals surface area contributed by atoms with Crippen LogP contribution >= 0.6 is 0 Å². The van der Waals surface area contributed by atoms with Gasteiger partial charge in [-0.25, -0.2) is 0 Å². The standard InChI is InChI=1S/C71H124O6/c1-4-7-10-13-16-19-22-25-28-30-31-32-33-34-35-36-37-38-39-41-43-46-49-52-55-58-61-64-70(73)76-67-68(66-75-69(72)63-60-57-54-51-48-45-42-27-24-21-18-15-12-9-6-3)77-71(74)65-62-59-56-53-50-47-44-40-29-26-23-20-17-14-11-8-5-2/h7,10,16,18-19,21,25-29,31-32,42,68H,4-6,8-9,11-15,17,20,22-24,30,33-41,43-67H2,1-3H3/b10-7-,19-16-,21-18-,28-25-,29-26-,32-31-,42-27-. The number of hydrogen-bond donors (Lipinski definition) is 0. The molecule has 6 nitrogen and oxygen atoms in total. The average molecular weight is 1070 g/mol. The summed E-state index contributed by atoms with van der Waals surface area (Å²) in [6.45, 7) is 6.52. The molecule has 0 amide bonds. The van der Waals surface area contributed by atoms with E-state index in [0.29, 0.717) is 19.3 Å². The van der Waals surface area contributed by atoms with Gasteiger partial charge in [-0.3, -0.25) is 14.4 Å². The van der Waals surface area contributed by atoms with Crippen LogP contribution in [0.3, 0.4) is 0 Å². The van der Waals surface area contributed by atoms with Gasteiger partial charge in [0, 0.05) is 19.3 Å². The van der Waals surface area contributed by atoms with Gasteiger partial charge >= 0.3 is 17.9 Å². The van der Waals surface area contributed by atoms with Crippen molar-refractivity contribution in [3.8, 4) is 0 Å². The Kier molecular flexibility index (Phi) is 62.2. The van der Waals surface area contributed by atoms with E-state index >= 15 is 0 Å². The third-order valence-corrected chi connectivity index (χ3v) is 14.4. The third kappa shape index (κ3) is 63.3. The maximum atomic E-state index is 12.9. The van der Waals surface area contributed by atoms with Gasteiger partial charge in [0.2, 0.25) is 0 Å². The molecule has 77 heavy (non-hydrogen) atoms. The second kappa shape index (κ2) is 65.1. The van der Waals surface area contributed by atoms with Crippen LogP contribution in [-0.4, -0.2) is 37.2 Å². The van der Waals surface area contributed by atoms with E-state index < -0.39 is 6.10 Å². The lowest BCUT2D eigenvalue weighted by atomic mass is 10.0. The Morgan fingerprint density at radius 1 is 0.273 bits per heavy atom. The second-order valence-electron chi connectivity index (χ2n) is 22.0. The first-order valence-electron chi connectivity index (χ1n) is 33.1. The molecule has 0 N–H and O–H groups in total. The Balaban J connectivity index is 4.29. The average Bonchev–Trinajstić information content (AvgIpc) is 3.43. The summed E-state index contributed by atoms with van der Waals surface area (Å²) in [6, 6.07) is 0. The number of hydrogen-bond acceptors (Lipinski definition) is 6. The largest absolute Gasteiger partial charge is 0.462 e. The fourth-order valence-electron chi connectivity index (χ4n) is 9.40. The predicted molar refractivity (Wildman–Crippen MR) is 334 cm³/mol. The molecule has 0 aromatic heterocycles. The lowest BCUT2D eigenvalue weighted by Crippen LogP contribution is -2.30. The molecule has 0 aromatic carbocycles. The second-order valence-corrected chi connectivity index (χ2v) is 22.0. The molecular formula is C71H124O6. The molecule has 0 aliphatic heterocycles. The van der Waals surface area contributed by atoms with Crippen LogP contribution in [0.25, 0.3) is 0 Å². The monoisotopic (exact) mass is 1070 g/mol. The van der Waals surface area contributed by atoms with E-state index in [9.17, 15) is 14.4 Å². The summed E-state index contributed by atoms with van der Waals surface area (Å²) >= 11 is 0. The van der Waals surface area contributed by atoms with Crippen LogP contribution in [0.1, 0.15) is 329 Å². The van der Waals surface area contributed by atoms with Crippen molar-refractivity contribution in [3.63, 3.8) is 0 Å². The Hall–Kier alpha value is -3.41. The van der Waals surface area contributed by atoms with Gasteiger partial charge in [-0.05, 0) is 116 Å². The predicted octanol–water partition coefficient (Wildman–Crippen LogP) is 22.7. The smallest absolute Gasteiger partial charge is 0.306 e. The molecule has 0 aliphatic rings. The Morgan fingerprint density at radius 3 is 0.831 bits per heavy atom. The topological polar surface area (TPSA) is 78.9 Å². The lowest BCUT2D eigenvalue weighted by Gasteiger charge is -2.18. The molecule has 0 radical (unpaired) electrons. The molecule has 1 unspecified atom stereocenters. The summed E-state index contributed by atoms with van der Waals surface area (Å²) < 4.78 is 16.9. The molecule has 1 atom stereocenters. The van der Waals surface area contributed by atoms with Crippen molar-refractivity contribution in [1.82, 2.24) is 0 Å². The van der Waals surface area contributed by atoms with Gasteiger partial charge in [-0.2, -0.15) is 0 Å². The van der Waals surface area contributed by atoms with Crippen LogP contribution in [-0.2, 0) is 28.6 Å². The van der Waals surface area contributed by atoms with Gasteiger partial charge < -0.3 is 14.2 Å². The molecule has 0 aliphatic carbocycles. The van der Waals surface area contributed by atoms with Crippen LogP contribution in [0.5, 0.6) is 0 Å². The van der Waals surface area contributed by atoms with Crippen LogP contribution in [0, 0.1) is 0 Å². The fourth-order valence-corrected chi connectivity index (χ4v) is 9.40. The molecule has 6 heteroatoms. The van der Waals surface area contributed by atoms with Gasteiger partial charge in [0.15, 0.2) is 6.10 Å². The van der Waals surface area contributed by atoms with Crippen molar-refractivity contribution in [2.24, 2.45) is 0 Å². The summed E-state index contributed by atoms with van der Waals surface area (Å²) in [5.74, 6) is -0.886. The van der Waals surface area contributed by atoms with E-state index in [4.69, 9.17) is 14.2 Å². The number of rotatable bonds is 60. The molecule has 0 rings (SSSR count). The van der Waals surface area contributed by atoms with Crippen molar-refractivity contribution in [2.75, 3.05) is 13.2 Å². The Labute approximate surface area is 477 Å².